The van der Waals surface area contributed by atoms with Gasteiger partial charge in [-0.15, -0.1) is 0 Å². The van der Waals surface area contributed by atoms with Gasteiger partial charge in [-0.25, -0.2) is 0 Å². The van der Waals surface area contributed by atoms with Crippen LogP contribution >= 0.6 is 0 Å². The summed E-state index contributed by atoms with van der Waals surface area (Å²) in [4.78, 5) is 13.8. The van der Waals surface area contributed by atoms with Crippen LogP contribution in [0.2, 0.25) is 0 Å². The Kier molecular flexibility index (Phi) is 7.34. The fourth-order valence-electron chi connectivity index (χ4n) is 1.71. The van der Waals surface area contributed by atoms with Crippen molar-refractivity contribution in [3.05, 3.63) is 0 Å². The van der Waals surface area contributed by atoms with Crippen LogP contribution in [0.3, 0.4) is 0 Å². The van der Waals surface area contributed by atoms with Crippen molar-refractivity contribution in [1.29, 1.82) is 0 Å². The Morgan fingerprint density at radius 2 is 2.06 bits per heavy atom. The van der Waals surface area contributed by atoms with Gasteiger partial charge in [-0.3, -0.25) is 4.79 Å². The molecular weight excluding hydrogens is 218 g/mol. The average Bonchev–Trinajstić information content (AvgIpc) is 2.33. The monoisotopic (exact) mass is 243 g/mol. The molecule has 0 heterocycles. The summed E-state index contributed by atoms with van der Waals surface area (Å²) in [5, 5.41) is 11.6. The van der Waals surface area contributed by atoms with Gasteiger partial charge >= 0.3 is 0 Å². The summed E-state index contributed by atoms with van der Waals surface area (Å²) in [7, 11) is 1.77. The van der Waals surface area contributed by atoms with E-state index in [1.807, 2.05) is 6.92 Å². The van der Waals surface area contributed by atoms with E-state index in [1.165, 1.54) is 0 Å². The van der Waals surface area contributed by atoms with Crippen molar-refractivity contribution >= 4 is 11.7 Å². The molecule has 0 saturated carbocycles. The Bertz CT molecular complexity index is 266. The number of nitrogens with two attached hydrogens (primary N) is 1. The highest BCUT2D eigenvalue weighted by Crippen LogP contribution is 2.12. The number of hydrogen-bond acceptors (Lipinski definition) is 3. The molecule has 0 aliphatic carbocycles. The van der Waals surface area contributed by atoms with Gasteiger partial charge in [-0.2, -0.15) is 0 Å². The van der Waals surface area contributed by atoms with Crippen molar-refractivity contribution in [1.82, 2.24) is 4.90 Å². The summed E-state index contributed by atoms with van der Waals surface area (Å²) in [6.45, 7) is 6.87. The van der Waals surface area contributed by atoms with Gasteiger partial charge in [-0.1, -0.05) is 38.8 Å². The van der Waals surface area contributed by atoms with Gasteiger partial charge in [0.1, 0.15) is 0 Å². The van der Waals surface area contributed by atoms with Crippen LogP contribution < -0.4 is 5.73 Å². The number of hydrogen-bond donors (Lipinski definition) is 2. The molecule has 0 aromatic carbocycles. The van der Waals surface area contributed by atoms with E-state index < -0.39 is 5.92 Å². The largest absolute Gasteiger partial charge is 0.409 e. The maximum atomic E-state index is 12.1. The summed E-state index contributed by atoms with van der Waals surface area (Å²) < 4.78 is 0. The Hall–Kier alpha value is -1.26. The second-order valence-corrected chi connectivity index (χ2v) is 4.60. The van der Waals surface area contributed by atoms with Crippen LogP contribution in [-0.2, 0) is 4.79 Å². The van der Waals surface area contributed by atoms with Crippen molar-refractivity contribution in [2.24, 2.45) is 22.7 Å². The van der Waals surface area contributed by atoms with Crippen molar-refractivity contribution in [3.63, 3.8) is 0 Å². The minimum atomic E-state index is -0.501. The molecule has 2 unspecified atom stereocenters. The molecule has 0 aromatic rings. The third kappa shape index (κ3) is 5.06. The van der Waals surface area contributed by atoms with Crippen LogP contribution in [0.1, 0.15) is 40.0 Å². The number of carbonyl (C=O) groups is 1. The van der Waals surface area contributed by atoms with E-state index >= 15 is 0 Å². The first kappa shape index (κ1) is 15.7. The van der Waals surface area contributed by atoms with Crippen molar-refractivity contribution in [3.8, 4) is 0 Å². The Balaban J connectivity index is 4.60. The molecule has 5 nitrogen and oxygen atoms in total. The molecular formula is C12H25N3O2. The van der Waals surface area contributed by atoms with Gasteiger partial charge in [0.25, 0.3) is 0 Å². The minimum Gasteiger partial charge on any atom is -0.409 e. The Morgan fingerprint density at radius 3 is 2.47 bits per heavy atom. The summed E-state index contributed by atoms with van der Waals surface area (Å²) in [6.07, 6.45) is 2.46. The van der Waals surface area contributed by atoms with E-state index in [-0.39, 0.29) is 11.7 Å². The Morgan fingerprint density at radius 1 is 1.47 bits per heavy atom. The molecule has 0 saturated heterocycles. The number of amidine groups is 1. The molecule has 100 valence electrons. The molecule has 0 rings (SSSR count). The number of amides is 1. The van der Waals surface area contributed by atoms with Crippen LogP contribution in [0.25, 0.3) is 0 Å². The number of nitrogens with zero attached hydrogens (tertiary/aromatic N) is 2. The molecule has 1 amide bonds. The van der Waals surface area contributed by atoms with Crippen LogP contribution in [0.5, 0.6) is 0 Å². The minimum absolute atomic E-state index is 0.00727. The lowest BCUT2D eigenvalue weighted by molar-refractivity contribution is -0.132. The zero-order chi connectivity index (χ0) is 13.4. The van der Waals surface area contributed by atoms with E-state index in [4.69, 9.17) is 10.9 Å². The molecule has 3 N–H and O–H groups in total. The highest BCUT2D eigenvalue weighted by Gasteiger charge is 2.25. The lowest BCUT2D eigenvalue weighted by Gasteiger charge is -2.25. The van der Waals surface area contributed by atoms with E-state index in [1.54, 1.807) is 11.9 Å². The molecule has 0 radical (unpaired) electrons. The fourth-order valence-corrected chi connectivity index (χ4v) is 1.71. The molecule has 0 aromatic heterocycles. The van der Waals surface area contributed by atoms with Gasteiger partial charge < -0.3 is 15.8 Å². The van der Waals surface area contributed by atoms with Crippen molar-refractivity contribution in [2.45, 2.75) is 40.0 Å². The zero-order valence-electron chi connectivity index (χ0n) is 11.3. The van der Waals surface area contributed by atoms with E-state index in [2.05, 4.69) is 19.0 Å². The molecule has 2 atom stereocenters. The first-order valence-electron chi connectivity index (χ1n) is 6.20. The third-order valence-electron chi connectivity index (χ3n) is 3.01. The molecule has 17 heavy (non-hydrogen) atoms. The van der Waals surface area contributed by atoms with E-state index in [9.17, 15) is 4.79 Å². The SMILES string of the molecule is CCCC(C(=O)N(C)CC(C)CC)/C(N)=N/O. The standard InChI is InChI=1S/C12H25N3O2/c1-5-7-10(11(13)14-17)12(16)15(4)8-9(3)6-2/h9-10,17H,5-8H2,1-4H3,(H2,13,14). The maximum Gasteiger partial charge on any atom is 0.233 e. The Labute approximate surface area is 104 Å². The quantitative estimate of drug-likeness (QED) is 0.309. The van der Waals surface area contributed by atoms with Crippen LogP contribution in [0, 0.1) is 11.8 Å². The molecule has 5 heteroatoms. The topological polar surface area (TPSA) is 78.9 Å². The second-order valence-electron chi connectivity index (χ2n) is 4.60. The lowest BCUT2D eigenvalue weighted by Crippen LogP contribution is -2.41. The molecule has 0 spiro atoms. The van der Waals surface area contributed by atoms with Gasteiger partial charge in [0.2, 0.25) is 5.91 Å². The molecule has 0 bridgehead atoms. The van der Waals surface area contributed by atoms with Crippen molar-refractivity contribution < 1.29 is 10.0 Å². The number of rotatable bonds is 7. The molecule has 0 aliphatic heterocycles. The highest BCUT2D eigenvalue weighted by molar-refractivity contribution is 6.01. The summed E-state index contributed by atoms with van der Waals surface area (Å²) >= 11 is 0. The average molecular weight is 243 g/mol. The van der Waals surface area contributed by atoms with E-state index in [0.717, 1.165) is 12.8 Å². The van der Waals surface area contributed by atoms with Crippen molar-refractivity contribution in [2.75, 3.05) is 13.6 Å². The maximum absolute atomic E-state index is 12.1. The predicted octanol–water partition coefficient (Wildman–Crippen LogP) is 1.65. The first-order valence-corrected chi connectivity index (χ1v) is 6.20. The van der Waals surface area contributed by atoms with Crippen LogP contribution in [-0.4, -0.2) is 35.4 Å². The van der Waals surface area contributed by atoms with Gasteiger partial charge in [0, 0.05) is 13.6 Å². The fraction of sp³-hybridized carbons (Fsp3) is 0.833. The van der Waals surface area contributed by atoms with Gasteiger partial charge in [0.05, 0.1) is 5.92 Å². The van der Waals surface area contributed by atoms with E-state index in [0.29, 0.717) is 18.9 Å². The van der Waals surface area contributed by atoms with Gasteiger partial charge in [-0.05, 0) is 12.3 Å². The molecule has 0 aliphatic rings. The third-order valence-corrected chi connectivity index (χ3v) is 3.01. The molecule has 0 fully saturated rings. The highest BCUT2D eigenvalue weighted by atomic mass is 16.4. The number of carbonyl (C=O) groups excluding carboxylic acids is 1. The summed E-state index contributed by atoms with van der Waals surface area (Å²) in [5.41, 5.74) is 5.56. The smallest absolute Gasteiger partial charge is 0.233 e. The predicted molar refractivity (Wildman–Crippen MR) is 68.9 cm³/mol. The summed E-state index contributed by atoms with van der Waals surface area (Å²) in [5.74, 6) is -0.104. The van der Waals surface area contributed by atoms with Gasteiger partial charge in [0.15, 0.2) is 5.84 Å². The van der Waals surface area contributed by atoms with Crippen LogP contribution in [0.15, 0.2) is 5.16 Å². The lowest BCUT2D eigenvalue weighted by atomic mass is 10.00. The number of oxime groups is 1. The summed E-state index contributed by atoms with van der Waals surface area (Å²) in [6, 6.07) is 0. The van der Waals surface area contributed by atoms with Crippen LogP contribution in [0.4, 0.5) is 0 Å². The normalized spacial score (nSPS) is 15.4. The first-order chi connectivity index (χ1) is 7.97. The zero-order valence-corrected chi connectivity index (χ0v) is 11.3. The second kappa shape index (κ2) is 7.92.